The molecule has 18 heavy (non-hydrogen) atoms. The summed E-state index contributed by atoms with van der Waals surface area (Å²) in [6.07, 6.45) is 4.62. The average molecular weight is 328 g/mol. The second-order valence-electron chi connectivity index (χ2n) is 5.29. The molecular weight excluding hydrogens is 312 g/mol. The largest absolute Gasteiger partial charge is 0.322 e. The molecule has 3 rings (SSSR count). The lowest BCUT2D eigenvalue weighted by atomic mass is 9.78. The summed E-state index contributed by atoms with van der Waals surface area (Å²) in [5, 5.41) is 0. The zero-order valence-electron chi connectivity index (χ0n) is 10.4. The van der Waals surface area contributed by atoms with Gasteiger partial charge < -0.3 is 4.57 Å². The summed E-state index contributed by atoms with van der Waals surface area (Å²) in [6.45, 7) is 2.33. The van der Waals surface area contributed by atoms with E-state index in [1.807, 2.05) is 6.07 Å². The van der Waals surface area contributed by atoms with E-state index in [0.717, 1.165) is 22.2 Å². The molecule has 0 aliphatic heterocycles. The van der Waals surface area contributed by atoms with E-state index in [4.69, 9.17) is 16.6 Å². The number of benzene rings is 1. The molecule has 0 amide bonds. The third-order valence-corrected chi connectivity index (χ3v) is 4.66. The summed E-state index contributed by atoms with van der Waals surface area (Å²) < 4.78 is 3.52. The Morgan fingerprint density at radius 2 is 2.22 bits per heavy atom. The highest BCUT2D eigenvalue weighted by atomic mass is 79.9. The molecule has 0 radical (unpaired) electrons. The molecule has 0 N–H and O–H groups in total. The molecule has 2 aromatic rings. The number of nitrogens with zero attached hydrogens (tertiary/aromatic N) is 2. The zero-order valence-corrected chi connectivity index (χ0v) is 12.8. The Balaban J connectivity index is 2.23. The van der Waals surface area contributed by atoms with Gasteiger partial charge in [0.15, 0.2) is 0 Å². The van der Waals surface area contributed by atoms with Gasteiger partial charge in [0.25, 0.3) is 0 Å². The maximum absolute atomic E-state index is 5.92. The van der Waals surface area contributed by atoms with Crippen LogP contribution in [0.1, 0.15) is 32.0 Å². The summed E-state index contributed by atoms with van der Waals surface area (Å²) in [7, 11) is 0. The first-order valence-corrected chi connectivity index (χ1v) is 7.70. The SMILES string of the molecule is CC1(n2c(CCCl)nc3ccc(Br)cc32)CCC1. The molecule has 2 nitrogen and oxygen atoms in total. The minimum atomic E-state index is 0.233. The number of aryl methyl sites for hydroxylation is 1. The van der Waals surface area contributed by atoms with Crippen molar-refractivity contribution in [3.05, 3.63) is 28.5 Å². The first-order valence-electron chi connectivity index (χ1n) is 6.37. The Hall–Kier alpha value is -0.540. The van der Waals surface area contributed by atoms with E-state index in [1.165, 1.54) is 24.8 Å². The number of aromatic nitrogens is 2. The molecule has 1 heterocycles. The Labute approximate surface area is 120 Å². The van der Waals surface area contributed by atoms with E-state index in [9.17, 15) is 0 Å². The molecule has 0 bridgehead atoms. The molecular formula is C14H16BrClN2. The Morgan fingerprint density at radius 3 is 2.83 bits per heavy atom. The van der Waals surface area contributed by atoms with Gasteiger partial charge in [0.05, 0.1) is 11.0 Å². The van der Waals surface area contributed by atoms with Crippen LogP contribution < -0.4 is 0 Å². The number of rotatable bonds is 3. The monoisotopic (exact) mass is 326 g/mol. The maximum Gasteiger partial charge on any atom is 0.111 e. The van der Waals surface area contributed by atoms with E-state index in [2.05, 4.69) is 39.6 Å². The van der Waals surface area contributed by atoms with Gasteiger partial charge in [0.2, 0.25) is 0 Å². The van der Waals surface area contributed by atoms with Crippen molar-refractivity contribution in [2.75, 3.05) is 5.88 Å². The van der Waals surface area contributed by atoms with Gasteiger partial charge in [-0.05, 0) is 44.4 Å². The second-order valence-corrected chi connectivity index (χ2v) is 6.58. The topological polar surface area (TPSA) is 17.8 Å². The lowest BCUT2D eigenvalue weighted by Crippen LogP contribution is -2.38. The van der Waals surface area contributed by atoms with Gasteiger partial charge in [-0.3, -0.25) is 0 Å². The number of hydrogen-bond donors (Lipinski definition) is 0. The molecule has 96 valence electrons. The quantitative estimate of drug-likeness (QED) is 0.760. The molecule has 1 fully saturated rings. The van der Waals surface area contributed by atoms with Crippen molar-refractivity contribution in [2.24, 2.45) is 0 Å². The molecule has 0 spiro atoms. The summed E-state index contributed by atoms with van der Waals surface area (Å²) in [6, 6.07) is 6.30. The van der Waals surface area contributed by atoms with Crippen molar-refractivity contribution >= 4 is 38.6 Å². The second kappa shape index (κ2) is 4.53. The zero-order chi connectivity index (χ0) is 12.8. The Bertz CT molecular complexity index is 587. The highest BCUT2D eigenvalue weighted by molar-refractivity contribution is 9.10. The third-order valence-electron chi connectivity index (χ3n) is 3.97. The van der Waals surface area contributed by atoms with Crippen molar-refractivity contribution in [2.45, 2.75) is 38.1 Å². The van der Waals surface area contributed by atoms with Crippen LogP contribution in [-0.2, 0) is 12.0 Å². The Kier molecular flexibility index (Phi) is 3.15. The predicted octanol–water partition coefficient (Wildman–Crippen LogP) is 4.48. The van der Waals surface area contributed by atoms with Gasteiger partial charge in [-0.1, -0.05) is 15.9 Å². The van der Waals surface area contributed by atoms with Crippen LogP contribution in [0.15, 0.2) is 22.7 Å². The lowest BCUT2D eigenvalue weighted by Gasteiger charge is -2.41. The van der Waals surface area contributed by atoms with Gasteiger partial charge in [-0.25, -0.2) is 4.98 Å². The van der Waals surface area contributed by atoms with Gasteiger partial charge >= 0.3 is 0 Å². The van der Waals surface area contributed by atoms with E-state index in [1.54, 1.807) is 0 Å². The molecule has 0 atom stereocenters. The fourth-order valence-corrected chi connectivity index (χ4v) is 3.38. The van der Waals surface area contributed by atoms with E-state index in [-0.39, 0.29) is 5.54 Å². The van der Waals surface area contributed by atoms with E-state index < -0.39 is 0 Å². The van der Waals surface area contributed by atoms with E-state index in [0.29, 0.717) is 5.88 Å². The normalized spacial score (nSPS) is 17.9. The van der Waals surface area contributed by atoms with Crippen LogP contribution in [0.2, 0.25) is 0 Å². The van der Waals surface area contributed by atoms with Crippen molar-refractivity contribution in [1.29, 1.82) is 0 Å². The van der Waals surface area contributed by atoms with Crippen LogP contribution in [0.3, 0.4) is 0 Å². The van der Waals surface area contributed by atoms with Crippen LogP contribution in [0.4, 0.5) is 0 Å². The third kappa shape index (κ3) is 1.88. The molecule has 4 heteroatoms. The molecule has 1 aliphatic rings. The van der Waals surface area contributed by atoms with Gasteiger partial charge in [-0.2, -0.15) is 0 Å². The molecule has 1 saturated carbocycles. The predicted molar refractivity (Wildman–Crippen MR) is 79.4 cm³/mol. The van der Waals surface area contributed by atoms with Crippen LogP contribution in [0, 0.1) is 0 Å². The lowest BCUT2D eigenvalue weighted by molar-refractivity contribution is 0.170. The standard InChI is InChI=1S/C14H16BrClN2/c1-14(6-2-7-14)18-12-9-10(15)3-4-11(12)17-13(18)5-8-16/h3-4,9H,2,5-8H2,1H3. The molecule has 1 aromatic carbocycles. The number of fused-ring (bicyclic) bond motifs is 1. The van der Waals surface area contributed by atoms with Crippen LogP contribution in [-0.4, -0.2) is 15.4 Å². The highest BCUT2D eigenvalue weighted by Crippen LogP contribution is 2.42. The fraction of sp³-hybridized carbons (Fsp3) is 0.500. The maximum atomic E-state index is 5.92. The van der Waals surface area contributed by atoms with Gasteiger partial charge in [-0.15, -0.1) is 11.6 Å². The minimum absolute atomic E-state index is 0.233. The fourth-order valence-electron chi connectivity index (χ4n) is 2.86. The molecule has 1 aliphatic carbocycles. The number of hydrogen-bond acceptors (Lipinski definition) is 1. The minimum Gasteiger partial charge on any atom is -0.322 e. The Morgan fingerprint density at radius 1 is 1.44 bits per heavy atom. The van der Waals surface area contributed by atoms with Gasteiger partial charge in [0, 0.05) is 22.3 Å². The van der Waals surface area contributed by atoms with Crippen molar-refractivity contribution in [3.63, 3.8) is 0 Å². The summed E-state index contributed by atoms with van der Waals surface area (Å²) >= 11 is 9.47. The van der Waals surface area contributed by atoms with Crippen LogP contribution in [0.5, 0.6) is 0 Å². The number of imidazole rings is 1. The number of alkyl halides is 1. The van der Waals surface area contributed by atoms with Crippen LogP contribution >= 0.6 is 27.5 Å². The van der Waals surface area contributed by atoms with Gasteiger partial charge in [0.1, 0.15) is 5.82 Å². The highest BCUT2D eigenvalue weighted by Gasteiger charge is 2.36. The smallest absolute Gasteiger partial charge is 0.111 e. The van der Waals surface area contributed by atoms with Crippen molar-refractivity contribution < 1.29 is 0 Å². The van der Waals surface area contributed by atoms with E-state index >= 15 is 0 Å². The summed E-state index contributed by atoms with van der Waals surface area (Å²) in [5.74, 6) is 1.75. The number of halogens is 2. The van der Waals surface area contributed by atoms with Crippen molar-refractivity contribution in [1.82, 2.24) is 9.55 Å². The average Bonchev–Trinajstić information content (AvgIpc) is 2.64. The molecule has 1 aromatic heterocycles. The molecule has 0 saturated heterocycles. The summed E-state index contributed by atoms with van der Waals surface area (Å²) in [5.41, 5.74) is 2.54. The molecule has 0 unspecified atom stereocenters. The first-order chi connectivity index (χ1) is 8.64. The van der Waals surface area contributed by atoms with Crippen LogP contribution in [0.25, 0.3) is 11.0 Å². The van der Waals surface area contributed by atoms with Crippen molar-refractivity contribution in [3.8, 4) is 0 Å². The summed E-state index contributed by atoms with van der Waals surface area (Å²) in [4.78, 5) is 4.75. The first kappa shape index (κ1) is 12.5.